The van der Waals surface area contributed by atoms with Gasteiger partial charge < -0.3 is 5.32 Å². The first-order valence-corrected chi connectivity index (χ1v) is 10.3. The molecular weight excluding hydrogens is 352 g/mol. The number of pyridine rings is 1. The van der Waals surface area contributed by atoms with Gasteiger partial charge in [-0.3, -0.25) is 9.78 Å². The molecule has 0 fully saturated rings. The Bertz CT molecular complexity index is 923. The lowest BCUT2D eigenvalue weighted by Crippen LogP contribution is -2.13. The predicted molar refractivity (Wildman–Crippen MR) is 111 cm³/mol. The van der Waals surface area contributed by atoms with E-state index < -0.39 is 0 Å². The van der Waals surface area contributed by atoms with Crippen molar-refractivity contribution in [1.29, 1.82) is 0 Å². The molecule has 0 spiro atoms. The fourth-order valence-electron chi connectivity index (χ4n) is 3.36. The van der Waals surface area contributed by atoms with Crippen molar-refractivity contribution in [2.75, 3.05) is 5.32 Å². The first kappa shape index (κ1) is 17.8. The Labute approximate surface area is 164 Å². The van der Waals surface area contributed by atoms with Crippen LogP contribution in [-0.2, 0) is 18.6 Å². The summed E-state index contributed by atoms with van der Waals surface area (Å²) >= 11 is 1.76. The molecule has 3 aromatic rings. The van der Waals surface area contributed by atoms with E-state index in [1.54, 1.807) is 18.0 Å². The minimum atomic E-state index is -0.0425. The molecule has 0 saturated heterocycles. The smallest absolute Gasteiger partial charge is 0.255 e. The quantitative estimate of drug-likeness (QED) is 0.599. The number of hydrogen-bond acceptors (Lipinski definition) is 3. The van der Waals surface area contributed by atoms with E-state index in [1.807, 2.05) is 42.6 Å². The van der Waals surface area contributed by atoms with Gasteiger partial charge in [-0.2, -0.15) is 0 Å². The lowest BCUT2D eigenvalue weighted by Gasteiger charge is -2.16. The number of aryl methyl sites for hydroxylation is 2. The van der Waals surface area contributed by atoms with Crippen LogP contribution in [0.15, 0.2) is 71.9 Å². The Morgan fingerprint density at radius 1 is 1.00 bits per heavy atom. The second-order valence-corrected chi connectivity index (χ2v) is 7.87. The number of nitrogens with one attached hydrogen (secondary N) is 1. The molecule has 1 N–H and O–H groups in total. The largest absolute Gasteiger partial charge is 0.322 e. The lowest BCUT2D eigenvalue weighted by molar-refractivity contribution is 0.102. The van der Waals surface area contributed by atoms with Crippen molar-refractivity contribution in [3.8, 4) is 0 Å². The van der Waals surface area contributed by atoms with Crippen molar-refractivity contribution in [3.63, 3.8) is 0 Å². The summed E-state index contributed by atoms with van der Waals surface area (Å²) in [5.41, 5.74) is 5.49. The maximum Gasteiger partial charge on any atom is 0.255 e. The number of fused-ring (bicyclic) bond motifs is 1. The molecule has 27 heavy (non-hydrogen) atoms. The second kappa shape index (κ2) is 8.40. The molecule has 4 rings (SSSR count). The van der Waals surface area contributed by atoms with Crippen LogP contribution in [0, 0.1) is 0 Å². The zero-order valence-electron chi connectivity index (χ0n) is 15.2. The molecule has 2 aromatic carbocycles. The molecule has 1 heterocycles. The highest BCUT2D eigenvalue weighted by Crippen LogP contribution is 2.25. The van der Waals surface area contributed by atoms with Crippen LogP contribution in [-0.4, -0.2) is 10.9 Å². The minimum Gasteiger partial charge on any atom is -0.322 e. The normalized spacial score (nSPS) is 13.0. The molecule has 0 radical (unpaired) electrons. The molecule has 0 saturated carbocycles. The van der Waals surface area contributed by atoms with E-state index in [0.29, 0.717) is 0 Å². The van der Waals surface area contributed by atoms with E-state index in [1.165, 1.54) is 34.4 Å². The Kier molecular flexibility index (Phi) is 5.54. The van der Waals surface area contributed by atoms with Crippen LogP contribution in [0.25, 0.3) is 0 Å². The maximum absolute atomic E-state index is 12.6. The summed E-state index contributed by atoms with van der Waals surface area (Å²) in [5, 5.41) is 3.01. The van der Waals surface area contributed by atoms with Crippen LogP contribution in [0.1, 0.15) is 39.9 Å². The van der Waals surface area contributed by atoms with Gasteiger partial charge in [-0.15, -0.1) is 11.8 Å². The van der Waals surface area contributed by atoms with Crippen molar-refractivity contribution in [1.82, 2.24) is 4.98 Å². The number of hydrogen-bond donors (Lipinski definition) is 1. The zero-order chi connectivity index (χ0) is 18.5. The topological polar surface area (TPSA) is 42.0 Å². The molecule has 4 heteroatoms. The van der Waals surface area contributed by atoms with Gasteiger partial charge in [0.2, 0.25) is 0 Å². The SMILES string of the molecule is O=C(Nc1ccc(SCc2cccnc2)cc1)c1ccc2c(c1)CCCC2. The Morgan fingerprint density at radius 2 is 1.81 bits per heavy atom. The molecule has 1 aliphatic carbocycles. The van der Waals surface area contributed by atoms with Crippen LogP contribution in [0.5, 0.6) is 0 Å². The van der Waals surface area contributed by atoms with E-state index in [-0.39, 0.29) is 5.91 Å². The summed E-state index contributed by atoms with van der Waals surface area (Å²) in [5.74, 6) is 0.841. The Morgan fingerprint density at radius 3 is 2.59 bits per heavy atom. The molecule has 0 atom stereocenters. The number of nitrogens with zero attached hydrogens (tertiary/aromatic N) is 1. The molecule has 0 unspecified atom stereocenters. The van der Waals surface area contributed by atoms with Gasteiger partial charge in [0.1, 0.15) is 0 Å². The van der Waals surface area contributed by atoms with E-state index in [2.05, 4.69) is 28.5 Å². The molecule has 1 amide bonds. The summed E-state index contributed by atoms with van der Waals surface area (Å²) in [6.07, 6.45) is 8.36. The van der Waals surface area contributed by atoms with Gasteiger partial charge in [0, 0.05) is 34.3 Å². The van der Waals surface area contributed by atoms with Crippen molar-refractivity contribution < 1.29 is 4.79 Å². The van der Waals surface area contributed by atoms with Crippen molar-refractivity contribution >= 4 is 23.4 Å². The van der Waals surface area contributed by atoms with Crippen molar-refractivity contribution in [2.24, 2.45) is 0 Å². The number of anilines is 1. The predicted octanol–water partition coefficient (Wildman–Crippen LogP) is 5.51. The highest BCUT2D eigenvalue weighted by Gasteiger charge is 2.13. The van der Waals surface area contributed by atoms with E-state index in [0.717, 1.165) is 29.8 Å². The molecule has 136 valence electrons. The highest BCUT2D eigenvalue weighted by molar-refractivity contribution is 7.98. The minimum absolute atomic E-state index is 0.0425. The number of rotatable bonds is 5. The van der Waals surface area contributed by atoms with Gasteiger partial charge in [-0.05, 0) is 84.8 Å². The molecule has 3 nitrogen and oxygen atoms in total. The van der Waals surface area contributed by atoms with Gasteiger partial charge in [0.25, 0.3) is 5.91 Å². The number of carbonyl (C=O) groups excluding carboxylic acids is 1. The standard InChI is InChI=1S/C23H22N2OS/c26-23(20-8-7-18-5-1-2-6-19(18)14-20)25-21-9-11-22(12-10-21)27-16-17-4-3-13-24-15-17/h3-4,7-15H,1-2,5-6,16H2,(H,25,26). The monoisotopic (exact) mass is 374 g/mol. The van der Waals surface area contributed by atoms with Crippen LogP contribution in [0.2, 0.25) is 0 Å². The number of benzene rings is 2. The summed E-state index contributed by atoms with van der Waals surface area (Å²) < 4.78 is 0. The van der Waals surface area contributed by atoms with E-state index >= 15 is 0 Å². The fraction of sp³-hybridized carbons (Fsp3) is 0.217. The Balaban J connectivity index is 1.37. The van der Waals surface area contributed by atoms with Gasteiger partial charge in [-0.1, -0.05) is 12.1 Å². The summed E-state index contributed by atoms with van der Waals surface area (Å²) in [6.45, 7) is 0. The van der Waals surface area contributed by atoms with Gasteiger partial charge in [0.05, 0.1) is 0 Å². The van der Waals surface area contributed by atoms with Crippen LogP contribution in [0.4, 0.5) is 5.69 Å². The van der Waals surface area contributed by atoms with E-state index in [9.17, 15) is 4.79 Å². The molecule has 0 aliphatic heterocycles. The Hall–Kier alpha value is -2.59. The number of carbonyl (C=O) groups is 1. The lowest BCUT2D eigenvalue weighted by atomic mass is 9.90. The summed E-state index contributed by atoms with van der Waals surface area (Å²) in [6, 6.07) is 18.2. The highest BCUT2D eigenvalue weighted by atomic mass is 32.2. The van der Waals surface area contributed by atoms with Crippen molar-refractivity contribution in [3.05, 3.63) is 89.2 Å². The third-order valence-electron chi connectivity index (χ3n) is 4.85. The molecule has 0 bridgehead atoms. The number of thioether (sulfide) groups is 1. The number of amides is 1. The average molecular weight is 375 g/mol. The van der Waals surface area contributed by atoms with Crippen molar-refractivity contribution in [2.45, 2.75) is 36.3 Å². The first-order valence-electron chi connectivity index (χ1n) is 9.33. The molecule has 1 aromatic heterocycles. The fourth-order valence-corrected chi connectivity index (χ4v) is 4.20. The van der Waals surface area contributed by atoms with E-state index in [4.69, 9.17) is 0 Å². The van der Waals surface area contributed by atoms with Crippen LogP contribution < -0.4 is 5.32 Å². The zero-order valence-corrected chi connectivity index (χ0v) is 16.0. The van der Waals surface area contributed by atoms with Crippen LogP contribution in [0.3, 0.4) is 0 Å². The van der Waals surface area contributed by atoms with Gasteiger partial charge in [-0.25, -0.2) is 0 Å². The maximum atomic E-state index is 12.6. The first-order chi connectivity index (χ1) is 13.3. The molecular formula is C23H22N2OS. The second-order valence-electron chi connectivity index (χ2n) is 6.82. The van der Waals surface area contributed by atoms with Crippen LogP contribution >= 0.6 is 11.8 Å². The summed E-state index contributed by atoms with van der Waals surface area (Å²) in [7, 11) is 0. The molecule has 1 aliphatic rings. The van der Waals surface area contributed by atoms with Gasteiger partial charge in [0.15, 0.2) is 0 Å². The third kappa shape index (κ3) is 4.58. The summed E-state index contributed by atoms with van der Waals surface area (Å²) in [4.78, 5) is 17.9. The third-order valence-corrected chi connectivity index (χ3v) is 5.93. The number of aromatic nitrogens is 1. The van der Waals surface area contributed by atoms with Gasteiger partial charge >= 0.3 is 0 Å². The average Bonchev–Trinajstić information content (AvgIpc) is 2.73.